The Hall–Kier alpha value is -3.16. The van der Waals surface area contributed by atoms with E-state index in [0.29, 0.717) is 28.1 Å². The molecule has 1 aliphatic rings. The highest BCUT2D eigenvalue weighted by Gasteiger charge is 2.35. The van der Waals surface area contributed by atoms with E-state index in [1.54, 1.807) is 41.3 Å². The molecule has 0 saturated carbocycles. The Morgan fingerprint density at radius 1 is 1.06 bits per heavy atom. The number of anilines is 1. The van der Waals surface area contributed by atoms with Crippen LogP contribution in [-0.4, -0.2) is 33.7 Å². The van der Waals surface area contributed by atoms with Crippen LogP contribution in [0.2, 0.25) is 5.02 Å². The first-order valence-electron chi connectivity index (χ1n) is 10.9. The van der Waals surface area contributed by atoms with E-state index in [0.717, 1.165) is 12.8 Å². The lowest BCUT2D eigenvalue weighted by Crippen LogP contribution is -2.45. The highest BCUT2D eigenvalue weighted by atomic mass is 35.5. The van der Waals surface area contributed by atoms with Gasteiger partial charge in [-0.1, -0.05) is 53.7 Å². The van der Waals surface area contributed by atoms with E-state index < -0.39 is 5.25 Å². The van der Waals surface area contributed by atoms with Gasteiger partial charge in [0.1, 0.15) is 11.1 Å². The Balaban J connectivity index is 1.50. The minimum Gasteiger partial charge on any atom is -0.325 e. The predicted octanol–water partition coefficient (Wildman–Crippen LogP) is 6.07. The summed E-state index contributed by atoms with van der Waals surface area (Å²) in [6.07, 6.45) is 1.64. The number of hydrogen-bond donors (Lipinski definition) is 1. The Bertz CT molecular complexity index is 1170. The van der Waals surface area contributed by atoms with E-state index in [4.69, 9.17) is 11.6 Å². The number of nitrogens with one attached hydrogen (secondary N) is 1. The number of nitrogens with zero attached hydrogens (tertiary/aromatic N) is 2. The third kappa shape index (κ3) is 6.46. The van der Waals surface area contributed by atoms with Crippen molar-refractivity contribution in [3.05, 3.63) is 95.3 Å². The first-order valence-corrected chi connectivity index (χ1v) is 12.2. The largest absolute Gasteiger partial charge is 0.325 e. The third-order valence-corrected chi connectivity index (χ3v) is 6.72. The minimum absolute atomic E-state index is 0.0673. The number of carbonyl (C=O) groups is 2. The average molecular weight is 496 g/mol. The van der Waals surface area contributed by atoms with Crippen molar-refractivity contribution in [3.63, 3.8) is 0 Å². The maximum atomic E-state index is 13.4. The second-order valence-corrected chi connectivity index (χ2v) is 9.42. The molecule has 8 heteroatoms. The molecule has 0 radical (unpaired) electrons. The van der Waals surface area contributed by atoms with Crippen molar-refractivity contribution in [2.24, 2.45) is 4.99 Å². The quantitative estimate of drug-likeness (QED) is 0.432. The predicted molar refractivity (Wildman–Crippen MR) is 136 cm³/mol. The number of aryl methyl sites for hydroxylation is 1. The fourth-order valence-electron chi connectivity index (χ4n) is 3.53. The van der Waals surface area contributed by atoms with Crippen LogP contribution in [0.4, 0.5) is 15.8 Å². The molecule has 1 fully saturated rings. The second kappa shape index (κ2) is 11.3. The summed E-state index contributed by atoms with van der Waals surface area (Å²) >= 11 is 7.15. The van der Waals surface area contributed by atoms with Gasteiger partial charge in [0.2, 0.25) is 11.8 Å². The van der Waals surface area contributed by atoms with Gasteiger partial charge in [0.15, 0.2) is 5.17 Å². The lowest BCUT2D eigenvalue weighted by atomic mass is 10.1. The zero-order chi connectivity index (χ0) is 23.9. The Kier molecular flexibility index (Phi) is 7.98. The van der Waals surface area contributed by atoms with Crippen molar-refractivity contribution in [2.45, 2.75) is 24.5 Å². The number of halogens is 2. The van der Waals surface area contributed by atoms with E-state index in [2.05, 4.69) is 22.4 Å². The SMILES string of the molecule is O=C(Nc1ccc(Cl)cc1)C1CC(=O)N(CCCc2ccccc2)C(=Nc2ccc(F)cc2)S1. The molecule has 1 saturated heterocycles. The minimum atomic E-state index is -0.632. The van der Waals surface area contributed by atoms with Crippen molar-refractivity contribution < 1.29 is 14.0 Å². The summed E-state index contributed by atoms with van der Waals surface area (Å²) in [5.74, 6) is -0.809. The summed E-state index contributed by atoms with van der Waals surface area (Å²) < 4.78 is 13.4. The summed E-state index contributed by atoms with van der Waals surface area (Å²) in [5.41, 5.74) is 2.31. The molecule has 1 heterocycles. The van der Waals surface area contributed by atoms with Gasteiger partial charge in [-0.05, 0) is 66.9 Å². The van der Waals surface area contributed by atoms with Crippen LogP contribution in [0.15, 0.2) is 83.9 Å². The number of carbonyl (C=O) groups excluding carboxylic acids is 2. The van der Waals surface area contributed by atoms with Crippen LogP contribution in [0.3, 0.4) is 0 Å². The monoisotopic (exact) mass is 495 g/mol. The standard InChI is InChI=1S/C26H23ClFN3O2S/c27-19-8-12-21(13-9-19)29-25(33)23-17-24(32)31(16-4-7-18-5-2-1-3-6-18)26(34-23)30-22-14-10-20(28)11-15-22/h1-3,5-6,8-15,23H,4,7,16-17H2,(H,29,33). The van der Waals surface area contributed by atoms with Crippen LogP contribution in [0.5, 0.6) is 0 Å². The summed E-state index contributed by atoms with van der Waals surface area (Å²) in [4.78, 5) is 32.2. The van der Waals surface area contributed by atoms with E-state index >= 15 is 0 Å². The summed E-state index contributed by atoms with van der Waals surface area (Å²) in [6.45, 7) is 0.478. The van der Waals surface area contributed by atoms with Crippen LogP contribution in [-0.2, 0) is 16.0 Å². The smallest absolute Gasteiger partial charge is 0.238 e. The molecule has 1 atom stereocenters. The Morgan fingerprint density at radius 2 is 1.76 bits per heavy atom. The molecule has 0 aliphatic carbocycles. The lowest BCUT2D eigenvalue weighted by Gasteiger charge is -2.32. The van der Waals surface area contributed by atoms with Crippen molar-refractivity contribution in [3.8, 4) is 0 Å². The first-order chi connectivity index (χ1) is 16.5. The van der Waals surface area contributed by atoms with Gasteiger partial charge in [0.25, 0.3) is 0 Å². The molecule has 5 nitrogen and oxygen atoms in total. The van der Waals surface area contributed by atoms with Crippen molar-refractivity contribution in [1.29, 1.82) is 0 Å². The van der Waals surface area contributed by atoms with Gasteiger partial charge in [-0.2, -0.15) is 0 Å². The normalized spacial score (nSPS) is 17.1. The zero-order valence-electron chi connectivity index (χ0n) is 18.3. The molecule has 3 aromatic rings. The van der Waals surface area contributed by atoms with E-state index in [1.165, 1.54) is 29.5 Å². The molecule has 1 N–H and O–H groups in total. The number of aliphatic imine (C=N–C) groups is 1. The van der Waals surface area contributed by atoms with Gasteiger partial charge in [-0.15, -0.1) is 0 Å². The fourth-order valence-corrected chi connectivity index (χ4v) is 4.78. The highest BCUT2D eigenvalue weighted by Crippen LogP contribution is 2.30. The van der Waals surface area contributed by atoms with E-state index in [1.807, 2.05) is 18.2 Å². The van der Waals surface area contributed by atoms with Crippen molar-refractivity contribution >= 4 is 51.7 Å². The Labute approximate surface area is 207 Å². The summed E-state index contributed by atoms with van der Waals surface area (Å²) in [5, 5.41) is 3.21. The fraction of sp³-hybridized carbons (Fsp3) is 0.192. The third-order valence-electron chi connectivity index (χ3n) is 5.29. The number of amides is 2. The number of benzene rings is 3. The molecule has 0 bridgehead atoms. The molecule has 3 aromatic carbocycles. The van der Waals surface area contributed by atoms with E-state index in [-0.39, 0.29) is 24.1 Å². The molecule has 4 rings (SSSR count). The average Bonchev–Trinajstić information content (AvgIpc) is 2.84. The van der Waals surface area contributed by atoms with Gasteiger partial charge in [-0.25, -0.2) is 9.38 Å². The maximum Gasteiger partial charge on any atom is 0.238 e. The molecule has 0 spiro atoms. The molecule has 1 aliphatic heterocycles. The van der Waals surface area contributed by atoms with Crippen molar-refractivity contribution in [1.82, 2.24) is 4.90 Å². The van der Waals surface area contributed by atoms with Crippen LogP contribution >= 0.6 is 23.4 Å². The van der Waals surface area contributed by atoms with Crippen LogP contribution in [0.1, 0.15) is 18.4 Å². The van der Waals surface area contributed by atoms with Crippen LogP contribution < -0.4 is 5.32 Å². The molecule has 2 amide bonds. The number of rotatable bonds is 7. The van der Waals surface area contributed by atoms with Crippen LogP contribution in [0.25, 0.3) is 0 Å². The van der Waals surface area contributed by atoms with Crippen molar-refractivity contribution in [2.75, 3.05) is 11.9 Å². The van der Waals surface area contributed by atoms with Gasteiger partial charge in [0.05, 0.1) is 5.69 Å². The van der Waals surface area contributed by atoms with E-state index in [9.17, 15) is 14.0 Å². The first kappa shape index (κ1) is 24.0. The summed E-state index contributed by atoms with van der Waals surface area (Å²) in [6, 6.07) is 22.6. The molecular formula is C26H23ClFN3O2S. The maximum absolute atomic E-state index is 13.4. The molecule has 0 aromatic heterocycles. The molecular weight excluding hydrogens is 473 g/mol. The number of amidine groups is 1. The van der Waals surface area contributed by atoms with Gasteiger partial charge < -0.3 is 5.32 Å². The molecule has 1 unspecified atom stereocenters. The highest BCUT2D eigenvalue weighted by molar-refractivity contribution is 8.15. The lowest BCUT2D eigenvalue weighted by molar-refractivity contribution is -0.129. The van der Waals surface area contributed by atoms with Gasteiger partial charge in [-0.3, -0.25) is 14.5 Å². The molecule has 34 heavy (non-hydrogen) atoms. The zero-order valence-corrected chi connectivity index (χ0v) is 19.9. The molecule has 174 valence electrons. The van der Waals surface area contributed by atoms with Crippen LogP contribution in [0, 0.1) is 5.82 Å². The Morgan fingerprint density at radius 3 is 2.47 bits per heavy atom. The number of hydrogen-bond acceptors (Lipinski definition) is 4. The van der Waals surface area contributed by atoms with Gasteiger partial charge >= 0.3 is 0 Å². The summed E-state index contributed by atoms with van der Waals surface area (Å²) in [7, 11) is 0. The second-order valence-electron chi connectivity index (χ2n) is 7.81. The number of thioether (sulfide) groups is 1. The van der Waals surface area contributed by atoms with Gasteiger partial charge in [0, 0.05) is 23.7 Å². The topological polar surface area (TPSA) is 61.8 Å².